The molecule has 0 bridgehead atoms. The van der Waals surface area contributed by atoms with Crippen molar-refractivity contribution in [3.63, 3.8) is 0 Å². The molecule has 2 aromatic carbocycles. The summed E-state index contributed by atoms with van der Waals surface area (Å²) in [5, 5.41) is 11.7. The van der Waals surface area contributed by atoms with Gasteiger partial charge in [0.2, 0.25) is 0 Å². The molecule has 6 heteroatoms. The standard InChI is InChI=1S/C20H22ClN3O2/c21-19-8-9-20(24(25)26)18(15-19)16-23-13-11-22(12-14-23)10-4-7-17-5-2-1-3-6-17/h1-9,15H,10-14,16H2/b7-4+. The van der Waals surface area contributed by atoms with Gasteiger partial charge >= 0.3 is 0 Å². The van der Waals surface area contributed by atoms with Gasteiger partial charge < -0.3 is 0 Å². The summed E-state index contributed by atoms with van der Waals surface area (Å²) in [7, 11) is 0. The molecule has 0 radical (unpaired) electrons. The Hall–Kier alpha value is -2.21. The Labute approximate surface area is 158 Å². The number of benzene rings is 2. The Morgan fingerprint density at radius 2 is 1.73 bits per heavy atom. The summed E-state index contributed by atoms with van der Waals surface area (Å²) in [4.78, 5) is 15.5. The van der Waals surface area contributed by atoms with Crippen LogP contribution in [0.25, 0.3) is 6.08 Å². The Morgan fingerprint density at radius 1 is 1.04 bits per heavy atom. The van der Waals surface area contributed by atoms with Gasteiger partial charge in [0.15, 0.2) is 0 Å². The molecular weight excluding hydrogens is 350 g/mol. The summed E-state index contributed by atoms with van der Waals surface area (Å²) in [5.41, 5.74) is 2.03. The lowest BCUT2D eigenvalue weighted by Crippen LogP contribution is -2.45. The SMILES string of the molecule is O=[N+]([O-])c1ccc(Cl)cc1CN1CCN(C/C=C/c2ccccc2)CC1. The summed E-state index contributed by atoms with van der Waals surface area (Å²) in [6.45, 7) is 5.16. The Kier molecular flexibility index (Phi) is 6.39. The van der Waals surface area contributed by atoms with Crippen LogP contribution in [0, 0.1) is 10.1 Å². The summed E-state index contributed by atoms with van der Waals surface area (Å²) in [6.07, 6.45) is 4.33. The van der Waals surface area contributed by atoms with Crippen LogP contribution in [0.4, 0.5) is 5.69 Å². The predicted molar refractivity (Wildman–Crippen MR) is 105 cm³/mol. The third kappa shape index (κ3) is 5.14. The van der Waals surface area contributed by atoms with Crippen molar-refractivity contribution in [2.75, 3.05) is 32.7 Å². The molecule has 1 aliphatic heterocycles. The maximum Gasteiger partial charge on any atom is 0.273 e. The van der Waals surface area contributed by atoms with E-state index in [1.165, 1.54) is 11.6 Å². The van der Waals surface area contributed by atoms with E-state index in [1.807, 2.05) is 18.2 Å². The molecule has 1 heterocycles. The molecule has 26 heavy (non-hydrogen) atoms. The van der Waals surface area contributed by atoms with Crippen molar-refractivity contribution in [1.82, 2.24) is 9.80 Å². The highest BCUT2D eigenvalue weighted by atomic mass is 35.5. The molecule has 0 N–H and O–H groups in total. The second-order valence-electron chi connectivity index (χ2n) is 6.42. The summed E-state index contributed by atoms with van der Waals surface area (Å²) >= 11 is 6.01. The lowest BCUT2D eigenvalue weighted by Gasteiger charge is -2.34. The fourth-order valence-electron chi connectivity index (χ4n) is 3.13. The minimum Gasteiger partial charge on any atom is -0.297 e. The van der Waals surface area contributed by atoms with Gasteiger partial charge in [-0.05, 0) is 17.7 Å². The number of piperazine rings is 1. The Balaban J connectivity index is 1.51. The molecule has 3 rings (SSSR count). The lowest BCUT2D eigenvalue weighted by molar-refractivity contribution is -0.385. The maximum atomic E-state index is 11.2. The molecule has 1 fully saturated rings. The van der Waals surface area contributed by atoms with Crippen LogP contribution in [-0.2, 0) is 6.54 Å². The summed E-state index contributed by atoms with van der Waals surface area (Å²) in [6, 6.07) is 15.0. The Morgan fingerprint density at radius 3 is 2.42 bits per heavy atom. The van der Waals surface area contributed by atoms with Crippen LogP contribution in [0.5, 0.6) is 0 Å². The molecule has 1 aliphatic rings. The molecule has 0 atom stereocenters. The highest BCUT2D eigenvalue weighted by molar-refractivity contribution is 6.30. The van der Waals surface area contributed by atoms with E-state index in [1.54, 1.807) is 12.1 Å². The molecule has 0 unspecified atom stereocenters. The molecule has 5 nitrogen and oxygen atoms in total. The first-order chi connectivity index (χ1) is 12.6. The van der Waals surface area contributed by atoms with E-state index in [0.29, 0.717) is 17.1 Å². The van der Waals surface area contributed by atoms with Gasteiger partial charge in [0, 0.05) is 55.9 Å². The number of halogens is 1. The summed E-state index contributed by atoms with van der Waals surface area (Å²) < 4.78 is 0. The van der Waals surface area contributed by atoms with Crippen molar-refractivity contribution in [2.45, 2.75) is 6.54 Å². The zero-order valence-electron chi connectivity index (χ0n) is 14.6. The van der Waals surface area contributed by atoms with E-state index in [0.717, 1.165) is 32.7 Å². The minimum atomic E-state index is -0.337. The lowest BCUT2D eigenvalue weighted by atomic mass is 10.1. The van der Waals surface area contributed by atoms with Crippen LogP contribution < -0.4 is 0 Å². The molecule has 1 saturated heterocycles. The number of nitrogens with zero attached hydrogens (tertiary/aromatic N) is 3. The van der Waals surface area contributed by atoms with Crippen LogP contribution in [0.1, 0.15) is 11.1 Å². The van der Waals surface area contributed by atoms with Gasteiger partial charge in [0.25, 0.3) is 5.69 Å². The van der Waals surface area contributed by atoms with E-state index in [4.69, 9.17) is 11.6 Å². The van der Waals surface area contributed by atoms with Crippen LogP contribution in [0.2, 0.25) is 5.02 Å². The second-order valence-corrected chi connectivity index (χ2v) is 6.86. The first-order valence-electron chi connectivity index (χ1n) is 8.71. The molecule has 0 aromatic heterocycles. The number of hydrogen-bond donors (Lipinski definition) is 0. The molecule has 0 aliphatic carbocycles. The fraction of sp³-hybridized carbons (Fsp3) is 0.300. The number of hydrogen-bond acceptors (Lipinski definition) is 4. The topological polar surface area (TPSA) is 49.6 Å². The molecular formula is C20H22ClN3O2. The van der Waals surface area contributed by atoms with Gasteiger partial charge in [-0.25, -0.2) is 0 Å². The van der Waals surface area contributed by atoms with Crippen LogP contribution in [0.3, 0.4) is 0 Å². The van der Waals surface area contributed by atoms with Crippen molar-refractivity contribution >= 4 is 23.4 Å². The average molecular weight is 372 g/mol. The average Bonchev–Trinajstić information content (AvgIpc) is 2.64. The number of rotatable bonds is 6. The second kappa shape index (κ2) is 8.94. The fourth-order valence-corrected chi connectivity index (χ4v) is 3.33. The highest BCUT2D eigenvalue weighted by Gasteiger charge is 2.20. The van der Waals surface area contributed by atoms with E-state index < -0.39 is 0 Å². The zero-order valence-corrected chi connectivity index (χ0v) is 15.3. The largest absolute Gasteiger partial charge is 0.297 e. The van der Waals surface area contributed by atoms with Crippen molar-refractivity contribution in [3.8, 4) is 0 Å². The predicted octanol–water partition coefficient (Wildman–Crippen LogP) is 4.08. The molecule has 136 valence electrons. The van der Waals surface area contributed by atoms with Crippen molar-refractivity contribution in [3.05, 3.63) is 80.9 Å². The quantitative estimate of drug-likeness (QED) is 0.567. The Bertz CT molecular complexity index is 772. The third-order valence-electron chi connectivity index (χ3n) is 4.57. The molecule has 2 aromatic rings. The van der Waals surface area contributed by atoms with Crippen LogP contribution in [0.15, 0.2) is 54.6 Å². The number of nitro groups is 1. The molecule has 0 saturated carbocycles. The molecule has 0 amide bonds. The van der Waals surface area contributed by atoms with Crippen molar-refractivity contribution < 1.29 is 4.92 Å². The first-order valence-corrected chi connectivity index (χ1v) is 9.09. The van der Waals surface area contributed by atoms with Gasteiger partial charge in [-0.15, -0.1) is 0 Å². The van der Waals surface area contributed by atoms with Gasteiger partial charge in [-0.1, -0.05) is 54.1 Å². The normalized spacial score (nSPS) is 16.2. The zero-order chi connectivity index (χ0) is 18.4. The van der Waals surface area contributed by atoms with Crippen molar-refractivity contribution in [1.29, 1.82) is 0 Å². The van der Waals surface area contributed by atoms with E-state index in [2.05, 4.69) is 34.1 Å². The van der Waals surface area contributed by atoms with Gasteiger partial charge in [-0.3, -0.25) is 19.9 Å². The van der Waals surface area contributed by atoms with Gasteiger partial charge in [-0.2, -0.15) is 0 Å². The summed E-state index contributed by atoms with van der Waals surface area (Å²) in [5.74, 6) is 0. The third-order valence-corrected chi connectivity index (χ3v) is 4.81. The van der Waals surface area contributed by atoms with E-state index in [9.17, 15) is 10.1 Å². The first kappa shape index (κ1) is 18.6. The van der Waals surface area contributed by atoms with Crippen molar-refractivity contribution in [2.24, 2.45) is 0 Å². The number of nitro benzene ring substituents is 1. The van der Waals surface area contributed by atoms with Crippen LogP contribution in [-0.4, -0.2) is 47.4 Å². The monoisotopic (exact) mass is 371 g/mol. The van der Waals surface area contributed by atoms with Gasteiger partial charge in [0.05, 0.1) is 4.92 Å². The molecule has 0 spiro atoms. The minimum absolute atomic E-state index is 0.141. The van der Waals surface area contributed by atoms with E-state index >= 15 is 0 Å². The van der Waals surface area contributed by atoms with Crippen LogP contribution >= 0.6 is 11.6 Å². The maximum absolute atomic E-state index is 11.2. The highest BCUT2D eigenvalue weighted by Crippen LogP contribution is 2.24. The van der Waals surface area contributed by atoms with E-state index in [-0.39, 0.29) is 10.6 Å². The van der Waals surface area contributed by atoms with Gasteiger partial charge in [0.1, 0.15) is 0 Å². The smallest absolute Gasteiger partial charge is 0.273 e.